The Bertz CT molecular complexity index is 1380. The molecule has 0 aromatic carbocycles. The van der Waals surface area contributed by atoms with Crippen LogP contribution in [0.5, 0.6) is 0 Å². The Balaban J connectivity index is -0.00000152. The number of hydrogen-bond donors (Lipinski definition) is 0. The van der Waals surface area contributed by atoms with E-state index in [2.05, 4.69) is 60.4 Å². The second-order valence-electron chi connectivity index (χ2n) is 25.3. The monoisotopic (exact) mass is 1240 g/mol. The standard InChI is InChI=1S/2C36H72O4S.Ca/c2*1-3-5-7-9-11-13-15-17-18-19-20-21-22-24-26-28-30-32-34-36(35-40-41(37,38)39)33-31-29-27-25-23-16-14-12-10-8-6-4-2;/h2*32,34,36H,3-31,33,35H2,1-2H3,(H,37,38,39);/q;;+2/p-2/b2*34-32+;. The summed E-state index contributed by atoms with van der Waals surface area (Å²) < 4.78 is 74.9. The fourth-order valence-corrected chi connectivity index (χ4v) is 12.2. The van der Waals surface area contributed by atoms with Crippen LogP contribution in [0.2, 0.25) is 0 Å². The van der Waals surface area contributed by atoms with Gasteiger partial charge in [-0.3, -0.25) is 8.37 Å². The first-order valence-corrected chi connectivity index (χ1v) is 39.2. The molecule has 0 saturated carbocycles. The van der Waals surface area contributed by atoms with Gasteiger partial charge < -0.3 is 9.11 Å². The van der Waals surface area contributed by atoms with Crippen molar-refractivity contribution >= 4 is 58.5 Å². The van der Waals surface area contributed by atoms with Crippen LogP contribution in [0.4, 0.5) is 0 Å². The maximum absolute atomic E-state index is 11.0. The molecule has 0 aliphatic carbocycles. The summed E-state index contributed by atoms with van der Waals surface area (Å²) in [5.41, 5.74) is 0. The predicted molar refractivity (Wildman–Crippen MR) is 362 cm³/mol. The van der Waals surface area contributed by atoms with E-state index < -0.39 is 20.8 Å². The fraction of sp³-hybridized carbons (Fsp3) is 0.944. The van der Waals surface area contributed by atoms with Gasteiger partial charge in [0.15, 0.2) is 0 Å². The van der Waals surface area contributed by atoms with Gasteiger partial charge in [0.2, 0.25) is 20.8 Å². The van der Waals surface area contributed by atoms with Gasteiger partial charge in [0.25, 0.3) is 0 Å². The van der Waals surface area contributed by atoms with Crippen molar-refractivity contribution in [2.75, 3.05) is 13.2 Å². The van der Waals surface area contributed by atoms with Gasteiger partial charge in [0, 0.05) is 11.8 Å². The van der Waals surface area contributed by atoms with E-state index in [0.717, 1.165) is 38.5 Å². The summed E-state index contributed by atoms with van der Waals surface area (Å²) in [5, 5.41) is 0. The molecule has 0 aliphatic heterocycles. The Morgan fingerprint density at radius 2 is 0.422 bits per heavy atom. The molecule has 492 valence electrons. The van der Waals surface area contributed by atoms with Gasteiger partial charge >= 0.3 is 37.7 Å². The van der Waals surface area contributed by atoms with Gasteiger partial charge in [0.1, 0.15) is 0 Å². The van der Waals surface area contributed by atoms with Crippen molar-refractivity contribution in [1.29, 1.82) is 0 Å². The molecule has 0 aromatic rings. The minimum absolute atomic E-state index is 0. The van der Waals surface area contributed by atoms with Crippen LogP contribution < -0.4 is 0 Å². The topological polar surface area (TPSA) is 133 Å². The van der Waals surface area contributed by atoms with Crippen LogP contribution in [0.25, 0.3) is 0 Å². The van der Waals surface area contributed by atoms with Crippen LogP contribution in [0, 0.1) is 11.8 Å². The summed E-state index contributed by atoms with van der Waals surface area (Å²) in [6.45, 7) is 9.06. The fourth-order valence-electron chi connectivity index (χ4n) is 11.5. The van der Waals surface area contributed by atoms with Crippen LogP contribution in [0.3, 0.4) is 0 Å². The summed E-state index contributed by atoms with van der Waals surface area (Å²) in [6.07, 6.45) is 87.7. The molecule has 0 radical (unpaired) electrons. The number of hydrogen-bond acceptors (Lipinski definition) is 8. The van der Waals surface area contributed by atoms with E-state index in [1.807, 2.05) is 0 Å². The third-order valence-corrected chi connectivity index (χ3v) is 17.8. The Morgan fingerprint density at radius 1 is 0.265 bits per heavy atom. The molecule has 0 amide bonds. The molecule has 0 N–H and O–H groups in total. The van der Waals surface area contributed by atoms with E-state index in [9.17, 15) is 25.9 Å². The zero-order valence-corrected chi connectivity index (χ0v) is 59.9. The minimum Gasteiger partial charge on any atom is -0.726 e. The second kappa shape index (κ2) is 73.2. The molecule has 2 unspecified atom stereocenters. The van der Waals surface area contributed by atoms with Crippen LogP contribution >= 0.6 is 0 Å². The Morgan fingerprint density at radius 3 is 0.590 bits per heavy atom. The zero-order chi connectivity index (χ0) is 60.2. The Hall–Kier alpha value is 0.480. The molecular formula is C72H142CaO8S2. The smallest absolute Gasteiger partial charge is 0.726 e. The van der Waals surface area contributed by atoms with E-state index in [1.54, 1.807) is 0 Å². The van der Waals surface area contributed by atoms with Crippen molar-refractivity contribution in [3.63, 3.8) is 0 Å². The summed E-state index contributed by atoms with van der Waals surface area (Å²) in [5.74, 6) is 0.0332. The molecule has 0 spiro atoms. The normalized spacial score (nSPS) is 12.8. The van der Waals surface area contributed by atoms with E-state index in [4.69, 9.17) is 0 Å². The molecule has 8 nitrogen and oxygen atoms in total. The number of unbranched alkanes of at least 4 members (excludes halogenated alkanes) is 54. The quantitative estimate of drug-likeness (QED) is 0.0193. The molecule has 0 aliphatic rings. The van der Waals surface area contributed by atoms with Crippen LogP contribution in [0.1, 0.15) is 413 Å². The average Bonchev–Trinajstić information content (AvgIpc) is 3.45. The summed E-state index contributed by atoms with van der Waals surface area (Å²) >= 11 is 0. The van der Waals surface area contributed by atoms with Gasteiger partial charge in [-0.2, -0.15) is 0 Å². The van der Waals surface area contributed by atoms with Gasteiger partial charge in [-0.05, 0) is 38.5 Å². The maximum Gasteiger partial charge on any atom is 2.00 e. The first-order valence-electron chi connectivity index (χ1n) is 36.5. The van der Waals surface area contributed by atoms with E-state index in [-0.39, 0.29) is 62.8 Å². The van der Waals surface area contributed by atoms with Gasteiger partial charge in [-0.15, -0.1) is 0 Å². The largest absolute Gasteiger partial charge is 2.00 e. The SMILES string of the molecule is CCCCCCCCCCCCCCCCCC/C=C/C(CCCCCCCCCCCCCC)COS(=O)(=O)[O-].CCCCCCCCCCCCCCCCCC/C=C/C(CCCCCCCCCCCCCC)COS(=O)(=O)[O-].[Ca+2]. The zero-order valence-electron chi connectivity index (χ0n) is 56.1. The summed E-state index contributed by atoms with van der Waals surface area (Å²) in [7, 11) is -9.24. The molecule has 0 rings (SSSR count). The average molecular weight is 1240 g/mol. The molecule has 0 fully saturated rings. The first-order chi connectivity index (χ1) is 40.0. The predicted octanol–water partition coefficient (Wildman–Crippen LogP) is 24.4. The third kappa shape index (κ3) is 82.5. The molecule has 0 bridgehead atoms. The van der Waals surface area contributed by atoms with Crippen molar-refractivity contribution < 1.29 is 34.3 Å². The van der Waals surface area contributed by atoms with Crippen LogP contribution in [-0.2, 0) is 29.2 Å². The number of allylic oxidation sites excluding steroid dienone is 2. The van der Waals surface area contributed by atoms with E-state index >= 15 is 0 Å². The minimum atomic E-state index is -4.62. The molecule has 11 heteroatoms. The molecule has 83 heavy (non-hydrogen) atoms. The first kappa shape index (κ1) is 87.7. The van der Waals surface area contributed by atoms with Crippen molar-refractivity contribution in [2.24, 2.45) is 11.8 Å². The maximum atomic E-state index is 11.0. The Kier molecular flexibility index (Phi) is 77.3. The van der Waals surface area contributed by atoms with Crippen LogP contribution in [0.15, 0.2) is 24.3 Å². The van der Waals surface area contributed by atoms with Crippen molar-refractivity contribution in [3.05, 3.63) is 24.3 Å². The van der Waals surface area contributed by atoms with E-state index in [0.29, 0.717) is 0 Å². The van der Waals surface area contributed by atoms with Crippen LogP contribution in [-0.4, -0.2) is 76.9 Å². The molecular weight excluding hydrogens is 1100 g/mol. The molecule has 0 aromatic heterocycles. The third-order valence-electron chi connectivity index (χ3n) is 17.0. The summed E-state index contributed by atoms with van der Waals surface area (Å²) in [6, 6.07) is 0. The molecule has 2 atom stereocenters. The van der Waals surface area contributed by atoms with Crippen molar-refractivity contribution in [3.8, 4) is 0 Å². The van der Waals surface area contributed by atoms with Crippen molar-refractivity contribution in [1.82, 2.24) is 0 Å². The van der Waals surface area contributed by atoms with Gasteiger partial charge in [0.05, 0.1) is 13.2 Å². The van der Waals surface area contributed by atoms with Gasteiger partial charge in [-0.25, -0.2) is 16.8 Å². The van der Waals surface area contributed by atoms with E-state index in [1.165, 1.54) is 347 Å². The van der Waals surface area contributed by atoms with Crippen molar-refractivity contribution in [2.45, 2.75) is 413 Å². The Labute approximate surface area is 550 Å². The number of rotatable bonds is 68. The molecule has 0 heterocycles. The van der Waals surface area contributed by atoms with Gasteiger partial charge in [-0.1, -0.05) is 399 Å². The summed E-state index contributed by atoms with van der Waals surface area (Å²) in [4.78, 5) is 0. The molecule has 0 saturated heterocycles. The second-order valence-corrected chi connectivity index (χ2v) is 27.4.